The molecule has 1 aliphatic rings. The van der Waals surface area contributed by atoms with Gasteiger partial charge in [-0.15, -0.1) is 11.3 Å². The van der Waals surface area contributed by atoms with Gasteiger partial charge in [-0.2, -0.15) is 0 Å². The van der Waals surface area contributed by atoms with Gasteiger partial charge in [-0.25, -0.2) is 4.98 Å². The average Bonchev–Trinajstić information content (AvgIpc) is 3.03. The highest BCUT2D eigenvalue weighted by Gasteiger charge is 2.26. The number of thiazole rings is 1. The summed E-state index contributed by atoms with van der Waals surface area (Å²) in [6.45, 7) is 6.37. The molecule has 0 radical (unpaired) electrons. The molecule has 0 spiro atoms. The minimum atomic E-state index is 0.0937. The summed E-state index contributed by atoms with van der Waals surface area (Å²) in [5, 5.41) is 4.54. The molecule has 0 saturated heterocycles. The van der Waals surface area contributed by atoms with Gasteiger partial charge >= 0.3 is 0 Å². The van der Waals surface area contributed by atoms with E-state index < -0.39 is 0 Å². The van der Waals surface area contributed by atoms with Crippen LogP contribution in [0.1, 0.15) is 35.4 Å². The zero-order valence-electron chi connectivity index (χ0n) is 11.9. The largest absolute Gasteiger partial charge is 0.483 e. The van der Waals surface area contributed by atoms with E-state index in [2.05, 4.69) is 36.3 Å². The molecule has 1 atom stereocenters. The first kappa shape index (κ1) is 13.6. The second-order valence-corrected chi connectivity index (χ2v) is 6.75. The van der Waals surface area contributed by atoms with E-state index in [-0.39, 0.29) is 6.10 Å². The third-order valence-electron chi connectivity index (χ3n) is 3.35. The first-order valence-electron chi connectivity index (χ1n) is 7.12. The molecule has 1 N–H and O–H groups in total. The van der Waals surface area contributed by atoms with Gasteiger partial charge in [0.15, 0.2) is 6.10 Å². The molecule has 106 valence electrons. The monoisotopic (exact) mass is 288 g/mol. The van der Waals surface area contributed by atoms with Crippen molar-refractivity contribution in [3.05, 3.63) is 45.9 Å². The van der Waals surface area contributed by atoms with Gasteiger partial charge in [0, 0.05) is 24.0 Å². The maximum absolute atomic E-state index is 5.98. The number of aromatic nitrogens is 1. The Morgan fingerprint density at radius 2 is 2.25 bits per heavy atom. The molecule has 2 aromatic rings. The fraction of sp³-hybridized carbons (Fsp3) is 0.438. The Morgan fingerprint density at radius 3 is 3.05 bits per heavy atom. The number of benzene rings is 1. The first-order chi connectivity index (χ1) is 9.72. The Morgan fingerprint density at radius 1 is 1.40 bits per heavy atom. The van der Waals surface area contributed by atoms with Crippen LogP contribution in [0.3, 0.4) is 0 Å². The Labute approximate surface area is 124 Å². The number of hydrogen-bond acceptors (Lipinski definition) is 4. The Balaban J connectivity index is 1.61. The van der Waals surface area contributed by atoms with Gasteiger partial charge in [-0.1, -0.05) is 32.0 Å². The third-order valence-corrected chi connectivity index (χ3v) is 4.44. The van der Waals surface area contributed by atoms with Gasteiger partial charge in [-0.3, -0.25) is 0 Å². The molecule has 1 aliphatic heterocycles. The topological polar surface area (TPSA) is 34.2 Å². The molecule has 3 nitrogen and oxygen atoms in total. The van der Waals surface area contributed by atoms with E-state index in [0.29, 0.717) is 5.92 Å². The minimum Gasteiger partial charge on any atom is -0.483 e. The molecule has 2 heterocycles. The van der Waals surface area contributed by atoms with Crippen LogP contribution in [-0.4, -0.2) is 11.5 Å². The highest BCUT2D eigenvalue weighted by molar-refractivity contribution is 7.11. The lowest BCUT2D eigenvalue weighted by molar-refractivity contribution is 0.238. The van der Waals surface area contributed by atoms with Crippen LogP contribution in [-0.2, 0) is 13.0 Å². The van der Waals surface area contributed by atoms with Crippen LogP contribution < -0.4 is 10.1 Å². The zero-order valence-corrected chi connectivity index (χ0v) is 12.7. The van der Waals surface area contributed by atoms with Crippen molar-refractivity contribution in [3.8, 4) is 5.75 Å². The van der Waals surface area contributed by atoms with Crippen molar-refractivity contribution < 1.29 is 4.74 Å². The molecule has 0 fully saturated rings. The predicted octanol–water partition coefficient (Wildman–Crippen LogP) is 3.56. The van der Waals surface area contributed by atoms with Crippen LogP contribution in [0, 0.1) is 5.92 Å². The number of fused-ring (bicyclic) bond motifs is 1. The maximum atomic E-state index is 5.98. The van der Waals surface area contributed by atoms with E-state index in [1.165, 1.54) is 10.4 Å². The van der Waals surface area contributed by atoms with E-state index in [1.54, 1.807) is 11.3 Å². The summed E-state index contributed by atoms with van der Waals surface area (Å²) in [5.74, 6) is 1.68. The van der Waals surface area contributed by atoms with Crippen molar-refractivity contribution in [3.63, 3.8) is 0 Å². The van der Waals surface area contributed by atoms with Crippen molar-refractivity contribution in [1.82, 2.24) is 10.3 Å². The van der Waals surface area contributed by atoms with E-state index in [0.717, 1.165) is 30.3 Å². The standard InChI is InChI=1S/C16H20N2OS/c1-11(2)8-17-9-13-10-18-16(20-13)15-7-12-5-3-4-6-14(12)19-15/h3-6,10-11,15,17H,7-9H2,1-2H3. The average molecular weight is 288 g/mol. The number of ether oxygens (including phenoxy) is 1. The lowest BCUT2D eigenvalue weighted by Crippen LogP contribution is -2.18. The number of hydrogen-bond donors (Lipinski definition) is 1. The summed E-state index contributed by atoms with van der Waals surface area (Å²) in [6, 6.07) is 8.25. The minimum absolute atomic E-state index is 0.0937. The molecular formula is C16H20N2OS. The number of nitrogens with one attached hydrogen (secondary N) is 1. The van der Waals surface area contributed by atoms with Crippen LogP contribution in [0.25, 0.3) is 0 Å². The van der Waals surface area contributed by atoms with Crippen LogP contribution in [0.2, 0.25) is 0 Å². The summed E-state index contributed by atoms with van der Waals surface area (Å²) >= 11 is 1.75. The number of para-hydroxylation sites is 1. The Bertz CT molecular complexity index is 554. The highest BCUT2D eigenvalue weighted by atomic mass is 32.1. The van der Waals surface area contributed by atoms with Crippen molar-refractivity contribution in [2.75, 3.05) is 6.54 Å². The van der Waals surface area contributed by atoms with Crippen LogP contribution >= 0.6 is 11.3 Å². The van der Waals surface area contributed by atoms with Crippen molar-refractivity contribution in [2.45, 2.75) is 32.9 Å². The van der Waals surface area contributed by atoms with E-state index in [1.807, 2.05) is 18.3 Å². The molecule has 20 heavy (non-hydrogen) atoms. The molecule has 0 aliphatic carbocycles. The quantitative estimate of drug-likeness (QED) is 0.913. The van der Waals surface area contributed by atoms with Crippen molar-refractivity contribution >= 4 is 11.3 Å². The van der Waals surface area contributed by atoms with Gasteiger partial charge in [0.25, 0.3) is 0 Å². The normalized spacial score (nSPS) is 17.2. The Kier molecular flexibility index (Phi) is 4.03. The molecule has 0 saturated carbocycles. The summed E-state index contributed by atoms with van der Waals surface area (Å²) in [7, 11) is 0. The smallest absolute Gasteiger partial charge is 0.154 e. The second-order valence-electron chi connectivity index (χ2n) is 5.61. The molecule has 1 unspecified atom stereocenters. The lowest BCUT2D eigenvalue weighted by Gasteiger charge is -2.07. The van der Waals surface area contributed by atoms with Crippen LogP contribution in [0.5, 0.6) is 5.75 Å². The third kappa shape index (κ3) is 3.02. The van der Waals surface area contributed by atoms with Crippen LogP contribution in [0.4, 0.5) is 0 Å². The second kappa shape index (κ2) is 5.94. The predicted molar refractivity (Wildman–Crippen MR) is 82.2 cm³/mol. The fourth-order valence-electron chi connectivity index (χ4n) is 2.36. The number of rotatable bonds is 5. The highest BCUT2D eigenvalue weighted by Crippen LogP contribution is 2.37. The van der Waals surface area contributed by atoms with Crippen molar-refractivity contribution in [2.24, 2.45) is 5.92 Å². The van der Waals surface area contributed by atoms with Crippen LogP contribution in [0.15, 0.2) is 30.5 Å². The molecule has 1 aromatic carbocycles. The summed E-state index contributed by atoms with van der Waals surface area (Å²) < 4.78 is 5.98. The fourth-order valence-corrected chi connectivity index (χ4v) is 3.27. The SMILES string of the molecule is CC(C)CNCc1cnc(C2Cc3ccccc3O2)s1. The lowest BCUT2D eigenvalue weighted by atomic mass is 10.1. The molecular weight excluding hydrogens is 268 g/mol. The van der Waals surface area contributed by atoms with Crippen molar-refractivity contribution in [1.29, 1.82) is 0 Å². The maximum Gasteiger partial charge on any atom is 0.154 e. The summed E-state index contributed by atoms with van der Waals surface area (Å²) in [4.78, 5) is 5.81. The van der Waals surface area contributed by atoms with E-state index in [4.69, 9.17) is 4.74 Å². The summed E-state index contributed by atoms with van der Waals surface area (Å²) in [6.07, 6.45) is 3.00. The zero-order chi connectivity index (χ0) is 13.9. The molecule has 0 amide bonds. The van der Waals surface area contributed by atoms with E-state index >= 15 is 0 Å². The molecule has 0 bridgehead atoms. The van der Waals surface area contributed by atoms with Gasteiger partial charge in [0.2, 0.25) is 0 Å². The first-order valence-corrected chi connectivity index (χ1v) is 7.94. The van der Waals surface area contributed by atoms with Gasteiger partial charge in [0.1, 0.15) is 10.8 Å². The van der Waals surface area contributed by atoms with Gasteiger partial charge < -0.3 is 10.1 Å². The molecule has 3 rings (SSSR count). The van der Waals surface area contributed by atoms with Gasteiger partial charge in [0.05, 0.1) is 0 Å². The summed E-state index contributed by atoms with van der Waals surface area (Å²) in [5.41, 5.74) is 1.28. The van der Waals surface area contributed by atoms with Gasteiger partial charge in [-0.05, 0) is 24.1 Å². The number of nitrogens with zero attached hydrogens (tertiary/aromatic N) is 1. The molecule has 1 aromatic heterocycles. The Hall–Kier alpha value is -1.39. The molecule has 4 heteroatoms. The van der Waals surface area contributed by atoms with E-state index in [9.17, 15) is 0 Å².